The molecule has 0 spiro atoms. The van der Waals surface area contributed by atoms with Crippen molar-refractivity contribution in [1.82, 2.24) is 0 Å². The summed E-state index contributed by atoms with van der Waals surface area (Å²) in [6.45, 7) is 11.8. The Bertz CT molecular complexity index is 181. The lowest BCUT2D eigenvalue weighted by Crippen LogP contribution is -2.32. The summed E-state index contributed by atoms with van der Waals surface area (Å²) in [5.41, 5.74) is 11.7. The van der Waals surface area contributed by atoms with E-state index in [-0.39, 0.29) is 12.1 Å². The van der Waals surface area contributed by atoms with Gasteiger partial charge in [-0.3, -0.25) is 0 Å². The van der Waals surface area contributed by atoms with Crippen molar-refractivity contribution in [1.29, 1.82) is 0 Å². The lowest BCUT2D eigenvalue weighted by molar-refractivity contribution is 0.00637. The molecule has 5 nitrogen and oxygen atoms in total. The Labute approximate surface area is 118 Å². The summed E-state index contributed by atoms with van der Waals surface area (Å²) >= 11 is 0. The molecule has 0 aliphatic heterocycles. The number of ether oxygens (including phenoxy) is 3. The van der Waals surface area contributed by atoms with Crippen molar-refractivity contribution in [3.8, 4) is 0 Å². The first-order valence-corrected chi connectivity index (χ1v) is 7.19. The van der Waals surface area contributed by atoms with Crippen molar-refractivity contribution >= 4 is 0 Å². The molecule has 0 aromatic heterocycles. The molecule has 0 heterocycles. The standard InChI is InChI=1S/C14H32N2O3/c1-11(2)13(15)9-18-7-5-17-6-8-19-10-14(16)12(3)4/h11-14H,5-10,15-16H2,1-4H3/t13-,14-/m0/s1. The van der Waals surface area contributed by atoms with Crippen LogP contribution >= 0.6 is 0 Å². The normalized spacial score (nSPS) is 15.2. The van der Waals surface area contributed by atoms with Crippen molar-refractivity contribution in [3.63, 3.8) is 0 Å². The van der Waals surface area contributed by atoms with Crippen molar-refractivity contribution in [2.24, 2.45) is 23.3 Å². The molecule has 0 bridgehead atoms. The Kier molecular flexibility index (Phi) is 11.5. The molecule has 19 heavy (non-hydrogen) atoms. The smallest absolute Gasteiger partial charge is 0.0701 e. The summed E-state index contributed by atoms with van der Waals surface area (Å²) in [5.74, 6) is 0.888. The molecule has 0 aliphatic carbocycles. The van der Waals surface area contributed by atoms with E-state index in [2.05, 4.69) is 27.7 Å². The largest absolute Gasteiger partial charge is 0.377 e. The van der Waals surface area contributed by atoms with Crippen molar-refractivity contribution in [3.05, 3.63) is 0 Å². The minimum Gasteiger partial charge on any atom is -0.377 e. The average molecular weight is 276 g/mol. The second-order valence-electron chi connectivity index (χ2n) is 5.58. The first kappa shape index (κ1) is 18.8. The zero-order chi connectivity index (χ0) is 14.7. The van der Waals surface area contributed by atoms with Crippen LogP contribution in [-0.4, -0.2) is 51.7 Å². The van der Waals surface area contributed by atoms with E-state index in [1.165, 1.54) is 0 Å². The summed E-state index contributed by atoms with van der Waals surface area (Å²) in [6.07, 6.45) is 0. The van der Waals surface area contributed by atoms with Gasteiger partial charge in [0.2, 0.25) is 0 Å². The highest BCUT2D eigenvalue weighted by Gasteiger charge is 2.07. The number of hydrogen-bond acceptors (Lipinski definition) is 5. The SMILES string of the molecule is CC(C)[C@@H](N)COCCOCCOC[C@H](N)C(C)C. The molecule has 0 rings (SSSR count). The van der Waals surface area contributed by atoms with E-state index in [0.29, 0.717) is 51.5 Å². The maximum absolute atomic E-state index is 5.85. The molecule has 2 atom stereocenters. The lowest BCUT2D eigenvalue weighted by Gasteiger charge is -2.16. The van der Waals surface area contributed by atoms with Crippen LogP contribution in [0, 0.1) is 11.8 Å². The first-order chi connectivity index (χ1) is 8.95. The van der Waals surface area contributed by atoms with Crippen molar-refractivity contribution < 1.29 is 14.2 Å². The molecule has 0 unspecified atom stereocenters. The highest BCUT2D eigenvalue weighted by Crippen LogP contribution is 1.99. The van der Waals surface area contributed by atoms with Crippen LogP contribution in [0.4, 0.5) is 0 Å². The molecule has 116 valence electrons. The third-order valence-electron chi connectivity index (χ3n) is 3.08. The fourth-order valence-electron chi connectivity index (χ4n) is 1.16. The van der Waals surface area contributed by atoms with Crippen LogP contribution in [0.1, 0.15) is 27.7 Å². The van der Waals surface area contributed by atoms with Gasteiger partial charge in [0.1, 0.15) is 0 Å². The highest BCUT2D eigenvalue weighted by atomic mass is 16.5. The third-order valence-corrected chi connectivity index (χ3v) is 3.08. The van der Waals surface area contributed by atoms with E-state index in [4.69, 9.17) is 25.7 Å². The molecule has 0 amide bonds. The minimum atomic E-state index is 0.0980. The maximum atomic E-state index is 5.85. The summed E-state index contributed by atoms with van der Waals surface area (Å²) in [4.78, 5) is 0. The van der Waals surface area contributed by atoms with Gasteiger partial charge in [-0.1, -0.05) is 27.7 Å². The molecule has 0 aliphatic rings. The van der Waals surface area contributed by atoms with Crippen LogP contribution in [0.3, 0.4) is 0 Å². The molecule has 0 aromatic carbocycles. The van der Waals surface area contributed by atoms with Crippen molar-refractivity contribution in [2.45, 2.75) is 39.8 Å². The Balaban J connectivity index is 3.19. The quantitative estimate of drug-likeness (QED) is 0.520. The van der Waals surface area contributed by atoms with Crippen LogP contribution in [0.2, 0.25) is 0 Å². The first-order valence-electron chi connectivity index (χ1n) is 7.19. The predicted octanol–water partition coefficient (Wildman–Crippen LogP) is 1.00. The van der Waals surface area contributed by atoms with Crippen LogP contribution in [0.5, 0.6) is 0 Å². The zero-order valence-electron chi connectivity index (χ0n) is 12.9. The predicted molar refractivity (Wildman–Crippen MR) is 78.1 cm³/mol. The highest BCUT2D eigenvalue weighted by molar-refractivity contribution is 4.64. The van der Waals surface area contributed by atoms with Gasteiger partial charge in [-0.25, -0.2) is 0 Å². The monoisotopic (exact) mass is 276 g/mol. The average Bonchev–Trinajstić information content (AvgIpc) is 2.35. The van der Waals surface area contributed by atoms with Gasteiger partial charge in [0.15, 0.2) is 0 Å². The fourth-order valence-corrected chi connectivity index (χ4v) is 1.16. The lowest BCUT2D eigenvalue weighted by atomic mass is 10.1. The number of nitrogens with two attached hydrogens (primary N) is 2. The summed E-state index contributed by atoms with van der Waals surface area (Å²) in [6, 6.07) is 0.196. The number of hydrogen-bond donors (Lipinski definition) is 2. The van der Waals surface area contributed by atoms with E-state index in [0.717, 1.165) is 0 Å². The Morgan fingerprint density at radius 1 is 0.632 bits per heavy atom. The summed E-state index contributed by atoms with van der Waals surface area (Å²) < 4.78 is 16.2. The minimum absolute atomic E-state index is 0.0980. The van der Waals surface area contributed by atoms with E-state index >= 15 is 0 Å². The van der Waals surface area contributed by atoms with Crippen LogP contribution < -0.4 is 11.5 Å². The second kappa shape index (κ2) is 11.6. The van der Waals surface area contributed by atoms with Crippen LogP contribution in [0.15, 0.2) is 0 Å². The molecule has 4 N–H and O–H groups in total. The van der Waals surface area contributed by atoms with E-state index in [9.17, 15) is 0 Å². The van der Waals surface area contributed by atoms with Gasteiger partial charge < -0.3 is 25.7 Å². The molecule has 0 fully saturated rings. The van der Waals surface area contributed by atoms with Crippen molar-refractivity contribution in [2.75, 3.05) is 39.6 Å². The molecular formula is C14H32N2O3. The van der Waals surface area contributed by atoms with Gasteiger partial charge >= 0.3 is 0 Å². The second-order valence-corrected chi connectivity index (χ2v) is 5.58. The van der Waals surface area contributed by atoms with E-state index < -0.39 is 0 Å². The third kappa shape index (κ3) is 11.3. The maximum Gasteiger partial charge on any atom is 0.0701 e. The Morgan fingerprint density at radius 3 is 1.26 bits per heavy atom. The molecule has 0 saturated heterocycles. The molecule has 0 saturated carbocycles. The van der Waals surface area contributed by atoms with Gasteiger partial charge in [-0.15, -0.1) is 0 Å². The van der Waals surface area contributed by atoms with Gasteiger partial charge in [-0.2, -0.15) is 0 Å². The molecular weight excluding hydrogens is 244 g/mol. The Hall–Kier alpha value is -0.200. The van der Waals surface area contributed by atoms with E-state index in [1.54, 1.807) is 0 Å². The zero-order valence-corrected chi connectivity index (χ0v) is 12.9. The van der Waals surface area contributed by atoms with Gasteiger partial charge in [0.05, 0.1) is 39.6 Å². The van der Waals surface area contributed by atoms with Gasteiger partial charge in [0, 0.05) is 12.1 Å². The van der Waals surface area contributed by atoms with Crippen LogP contribution in [-0.2, 0) is 14.2 Å². The topological polar surface area (TPSA) is 79.7 Å². The molecule has 0 radical (unpaired) electrons. The van der Waals surface area contributed by atoms with E-state index in [1.807, 2.05) is 0 Å². The van der Waals surface area contributed by atoms with Gasteiger partial charge in [-0.05, 0) is 11.8 Å². The molecule has 0 aromatic rings. The summed E-state index contributed by atoms with van der Waals surface area (Å²) in [7, 11) is 0. The fraction of sp³-hybridized carbons (Fsp3) is 1.00. The molecule has 5 heteroatoms. The van der Waals surface area contributed by atoms with Gasteiger partial charge in [0.25, 0.3) is 0 Å². The van der Waals surface area contributed by atoms with Crippen LogP contribution in [0.25, 0.3) is 0 Å². The Morgan fingerprint density at radius 2 is 0.947 bits per heavy atom. The number of rotatable bonds is 12. The summed E-state index contributed by atoms with van der Waals surface area (Å²) in [5, 5.41) is 0.